The lowest BCUT2D eigenvalue weighted by molar-refractivity contribution is -0.127. The van der Waals surface area contributed by atoms with Gasteiger partial charge in [-0.05, 0) is 66.7 Å². The second-order valence-corrected chi connectivity index (χ2v) is 11.4. The number of hydrogen-bond donors (Lipinski definition) is 1. The molecule has 3 aromatic rings. The van der Waals surface area contributed by atoms with Gasteiger partial charge in [-0.15, -0.1) is 0 Å². The number of ether oxygens (including phenoxy) is 2. The smallest absolute Gasteiger partial charge is 0.339 e. The van der Waals surface area contributed by atoms with Crippen LogP contribution in [-0.2, 0) is 20.9 Å². The standard InChI is InChI=1S/C29H23BrCl2N2O6S/c1-2-11-39-28(37)21-14-20(8-9-23(21)32)33-26(35)15-34-27(36)25(41-29(34)38)13-18-12-19(30)7-10-24(18)40-16-17-5-3-4-6-22(17)31/h3-10,12-14H,2,11,15-16H2,1H3,(H,33,35)/b25-13+. The number of amides is 3. The zero-order valence-electron chi connectivity index (χ0n) is 21.6. The summed E-state index contributed by atoms with van der Waals surface area (Å²) in [6.07, 6.45) is 2.19. The lowest BCUT2D eigenvalue weighted by Gasteiger charge is -2.13. The summed E-state index contributed by atoms with van der Waals surface area (Å²) >= 11 is 16.5. The van der Waals surface area contributed by atoms with Crippen LogP contribution in [0.3, 0.4) is 0 Å². The molecule has 0 saturated carbocycles. The van der Waals surface area contributed by atoms with E-state index in [0.717, 1.165) is 26.7 Å². The van der Waals surface area contributed by atoms with Crippen molar-refractivity contribution in [1.82, 2.24) is 4.90 Å². The van der Waals surface area contributed by atoms with Gasteiger partial charge in [-0.2, -0.15) is 0 Å². The number of halogens is 3. The largest absolute Gasteiger partial charge is 0.488 e. The van der Waals surface area contributed by atoms with Crippen molar-refractivity contribution in [2.45, 2.75) is 20.0 Å². The van der Waals surface area contributed by atoms with Gasteiger partial charge in [-0.25, -0.2) is 4.79 Å². The molecule has 0 aromatic heterocycles. The number of thioether (sulfide) groups is 1. The Labute approximate surface area is 259 Å². The molecule has 1 heterocycles. The van der Waals surface area contributed by atoms with Gasteiger partial charge in [0.05, 0.1) is 22.1 Å². The second kappa shape index (κ2) is 14.0. The van der Waals surface area contributed by atoms with E-state index in [1.807, 2.05) is 25.1 Å². The van der Waals surface area contributed by atoms with Gasteiger partial charge in [0.1, 0.15) is 18.9 Å². The first kappa shape index (κ1) is 30.6. The number of esters is 1. The molecule has 0 spiro atoms. The maximum absolute atomic E-state index is 13.1. The van der Waals surface area contributed by atoms with Crippen molar-refractivity contribution < 1.29 is 28.7 Å². The number of benzene rings is 3. The number of nitrogens with one attached hydrogen (secondary N) is 1. The Kier molecular flexibility index (Phi) is 10.5. The van der Waals surface area contributed by atoms with E-state index in [-0.39, 0.29) is 34.4 Å². The van der Waals surface area contributed by atoms with Gasteiger partial charge in [-0.3, -0.25) is 19.3 Å². The van der Waals surface area contributed by atoms with Gasteiger partial charge >= 0.3 is 5.97 Å². The van der Waals surface area contributed by atoms with Crippen LogP contribution in [0.5, 0.6) is 5.75 Å². The summed E-state index contributed by atoms with van der Waals surface area (Å²) in [4.78, 5) is 51.7. The first-order valence-electron chi connectivity index (χ1n) is 12.3. The third kappa shape index (κ3) is 7.91. The molecule has 41 heavy (non-hydrogen) atoms. The van der Waals surface area contributed by atoms with Crippen molar-refractivity contribution in [2.75, 3.05) is 18.5 Å². The van der Waals surface area contributed by atoms with Crippen LogP contribution >= 0.6 is 50.9 Å². The lowest BCUT2D eigenvalue weighted by atomic mass is 10.1. The number of hydrogen-bond acceptors (Lipinski definition) is 7. The summed E-state index contributed by atoms with van der Waals surface area (Å²) in [6, 6.07) is 16.9. The molecule has 0 radical (unpaired) electrons. The zero-order valence-corrected chi connectivity index (χ0v) is 25.5. The number of nitrogens with zero attached hydrogens (tertiary/aromatic N) is 1. The Bertz CT molecular complexity index is 1550. The fraction of sp³-hybridized carbons (Fsp3) is 0.172. The summed E-state index contributed by atoms with van der Waals surface area (Å²) in [5.74, 6) is -1.39. The van der Waals surface area contributed by atoms with Crippen molar-refractivity contribution >= 4 is 85.7 Å². The molecular formula is C29H23BrCl2N2O6S. The molecule has 4 rings (SSSR count). The highest BCUT2D eigenvalue weighted by molar-refractivity contribution is 9.10. The average Bonchev–Trinajstić information content (AvgIpc) is 3.20. The molecular weight excluding hydrogens is 655 g/mol. The molecule has 0 bridgehead atoms. The van der Waals surface area contributed by atoms with E-state index in [9.17, 15) is 19.2 Å². The van der Waals surface area contributed by atoms with Crippen molar-refractivity contribution in [2.24, 2.45) is 0 Å². The molecule has 1 aliphatic rings. The van der Waals surface area contributed by atoms with Crippen LogP contribution in [-0.4, -0.2) is 41.1 Å². The SMILES string of the molecule is CCCOC(=O)c1cc(NC(=O)CN2C(=O)S/C(=C/c3cc(Br)ccc3OCc3ccccc3Cl)C2=O)ccc1Cl. The minimum absolute atomic E-state index is 0.0913. The third-order valence-corrected chi connectivity index (χ3v) is 7.78. The molecule has 0 aliphatic carbocycles. The summed E-state index contributed by atoms with van der Waals surface area (Å²) in [6.45, 7) is 1.77. The predicted octanol–water partition coefficient (Wildman–Crippen LogP) is 7.58. The van der Waals surface area contributed by atoms with Crippen molar-refractivity contribution in [3.63, 3.8) is 0 Å². The second-order valence-electron chi connectivity index (χ2n) is 8.71. The average molecular weight is 678 g/mol. The Morgan fingerprint density at radius 1 is 1.05 bits per heavy atom. The maximum Gasteiger partial charge on any atom is 0.339 e. The molecule has 3 aromatic carbocycles. The van der Waals surface area contributed by atoms with Crippen LogP contribution in [0.15, 0.2) is 70.0 Å². The number of imide groups is 1. The van der Waals surface area contributed by atoms with Gasteiger partial charge in [0.15, 0.2) is 0 Å². The monoisotopic (exact) mass is 676 g/mol. The number of anilines is 1. The Morgan fingerprint density at radius 2 is 1.83 bits per heavy atom. The molecule has 212 valence electrons. The van der Waals surface area contributed by atoms with Gasteiger partial charge < -0.3 is 14.8 Å². The molecule has 0 unspecified atom stereocenters. The van der Waals surface area contributed by atoms with E-state index in [1.54, 1.807) is 30.3 Å². The quantitative estimate of drug-likeness (QED) is 0.174. The van der Waals surface area contributed by atoms with E-state index < -0.39 is 29.6 Å². The van der Waals surface area contributed by atoms with Crippen LogP contribution in [0.4, 0.5) is 10.5 Å². The third-order valence-electron chi connectivity index (χ3n) is 5.68. The maximum atomic E-state index is 13.1. The first-order chi connectivity index (χ1) is 19.7. The molecule has 1 fully saturated rings. The predicted molar refractivity (Wildman–Crippen MR) is 163 cm³/mol. The Hall–Kier alpha value is -3.31. The van der Waals surface area contributed by atoms with Crippen LogP contribution < -0.4 is 10.1 Å². The van der Waals surface area contributed by atoms with Gasteiger partial charge in [0, 0.05) is 26.3 Å². The Balaban J connectivity index is 1.45. The van der Waals surface area contributed by atoms with Gasteiger partial charge in [0.25, 0.3) is 11.1 Å². The van der Waals surface area contributed by atoms with E-state index in [0.29, 0.717) is 22.8 Å². The fourth-order valence-corrected chi connectivity index (χ4v) is 5.28. The first-order valence-corrected chi connectivity index (χ1v) is 14.7. The number of carbonyl (C=O) groups is 4. The molecule has 1 aliphatic heterocycles. The minimum atomic E-state index is -0.630. The van der Waals surface area contributed by atoms with E-state index in [1.165, 1.54) is 18.2 Å². The molecule has 1 N–H and O–H groups in total. The highest BCUT2D eigenvalue weighted by Gasteiger charge is 2.36. The van der Waals surface area contributed by atoms with Gasteiger partial charge in [-0.1, -0.05) is 64.3 Å². The van der Waals surface area contributed by atoms with Crippen molar-refractivity contribution in [3.8, 4) is 5.75 Å². The zero-order chi connectivity index (χ0) is 29.5. The highest BCUT2D eigenvalue weighted by Crippen LogP contribution is 2.35. The number of rotatable bonds is 10. The van der Waals surface area contributed by atoms with Crippen LogP contribution in [0.1, 0.15) is 34.8 Å². The van der Waals surface area contributed by atoms with Crippen molar-refractivity contribution in [1.29, 1.82) is 0 Å². The summed E-state index contributed by atoms with van der Waals surface area (Å²) in [5.41, 5.74) is 1.71. The van der Waals surface area contributed by atoms with E-state index >= 15 is 0 Å². The summed E-state index contributed by atoms with van der Waals surface area (Å²) in [5, 5.41) is 2.73. The normalized spacial score (nSPS) is 14.0. The van der Waals surface area contributed by atoms with E-state index in [4.69, 9.17) is 32.7 Å². The van der Waals surface area contributed by atoms with Gasteiger partial charge in [0.2, 0.25) is 5.91 Å². The molecule has 1 saturated heterocycles. The topological polar surface area (TPSA) is 102 Å². The highest BCUT2D eigenvalue weighted by atomic mass is 79.9. The summed E-state index contributed by atoms with van der Waals surface area (Å²) < 4.78 is 11.8. The van der Waals surface area contributed by atoms with Crippen LogP contribution in [0.2, 0.25) is 10.0 Å². The number of carbonyl (C=O) groups excluding carboxylic acids is 4. The lowest BCUT2D eigenvalue weighted by Crippen LogP contribution is -2.36. The molecule has 8 nitrogen and oxygen atoms in total. The van der Waals surface area contributed by atoms with E-state index in [2.05, 4.69) is 21.2 Å². The molecule has 3 amide bonds. The molecule has 12 heteroatoms. The van der Waals surface area contributed by atoms with Crippen molar-refractivity contribution in [3.05, 3.63) is 96.8 Å². The molecule has 0 atom stereocenters. The summed E-state index contributed by atoms with van der Waals surface area (Å²) in [7, 11) is 0. The Morgan fingerprint density at radius 3 is 2.59 bits per heavy atom. The van der Waals surface area contributed by atoms with Crippen LogP contribution in [0.25, 0.3) is 6.08 Å². The van der Waals surface area contributed by atoms with Crippen LogP contribution in [0, 0.1) is 0 Å². The fourth-order valence-electron chi connectivity index (χ4n) is 3.69. The minimum Gasteiger partial charge on any atom is -0.488 e.